The van der Waals surface area contributed by atoms with Gasteiger partial charge in [-0.15, -0.1) is 0 Å². The summed E-state index contributed by atoms with van der Waals surface area (Å²) in [5, 5.41) is 1.65. The van der Waals surface area contributed by atoms with Crippen LogP contribution in [0.5, 0.6) is 0 Å². The molecule has 0 bridgehead atoms. The molecule has 0 aliphatic rings. The van der Waals surface area contributed by atoms with Crippen molar-refractivity contribution in [1.82, 2.24) is 0 Å². The van der Waals surface area contributed by atoms with E-state index >= 15 is 0 Å². The van der Waals surface area contributed by atoms with Gasteiger partial charge in [0, 0.05) is 9.76 Å². The van der Waals surface area contributed by atoms with Crippen LogP contribution in [0.3, 0.4) is 0 Å². The molecule has 0 N–H and O–H groups in total. The molecule has 10 heavy (non-hydrogen) atoms. The van der Waals surface area contributed by atoms with Crippen LogP contribution in [0.2, 0.25) is 6.04 Å². The van der Waals surface area contributed by atoms with Crippen LogP contribution in [0, 0.1) is 0 Å². The van der Waals surface area contributed by atoms with E-state index in [1.54, 1.807) is 5.19 Å². The zero-order chi connectivity index (χ0) is 7.40. The van der Waals surface area contributed by atoms with Crippen molar-refractivity contribution in [3.05, 3.63) is 30.3 Å². The number of rotatable bonds is 2. The van der Waals surface area contributed by atoms with Crippen molar-refractivity contribution in [1.29, 1.82) is 0 Å². The summed E-state index contributed by atoms with van der Waals surface area (Å²) < 4.78 is 0. The molecule has 1 rings (SSSR count). The van der Waals surface area contributed by atoms with Gasteiger partial charge in [-0.05, 0) is 0 Å². The standard InChI is InChI=1S/C8H14Si2/c1-2-10(9)8-6-4-3-5-7-8/h3-7,10H,2H2,1,9H3. The highest BCUT2D eigenvalue weighted by Gasteiger charge is 2.00. The van der Waals surface area contributed by atoms with E-state index in [2.05, 4.69) is 37.3 Å². The van der Waals surface area contributed by atoms with Crippen LogP contribution in [-0.4, -0.2) is 18.1 Å². The van der Waals surface area contributed by atoms with Gasteiger partial charge in [-0.3, -0.25) is 0 Å². The highest BCUT2D eigenvalue weighted by Crippen LogP contribution is 1.89. The molecule has 0 aromatic heterocycles. The van der Waals surface area contributed by atoms with E-state index in [-0.39, 0.29) is 0 Å². The minimum atomic E-state index is -0.401. The molecule has 0 saturated carbocycles. The second-order valence-electron chi connectivity index (χ2n) is 2.72. The Balaban J connectivity index is 2.75. The van der Waals surface area contributed by atoms with Gasteiger partial charge in [0.2, 0.25) is 0 Å². The van der Waals surface area contributed by atoms with Crippen LogP contribution in [0.15, 0.2) is 30.3 Å². The lowest BCUT2D eigenvalue weighted by molar-refractivity contribution is 1.45. The minimum Gasteiger partial charge on any atom is -0.0679 e. The topological polar surface area (TPSA) is 0 Å². The lowest BCUT2D eigenvalue weighted by Crippen LogP contribution is -2.29. The van der Waals surface area contributed by atoms with Crippen molar-refractivity contribution in [2.45, 2.75) is 13.0 Å². The molecular formula is C8H14Si2. The van der Waals surface area contributed by atoms with E-state index in [1.165, 1.54) is 15.8 Å². The first-order valence-corrected chi connectivity index (χ1v) is 9.90. The third-order valence-corrected chi connectivity index (χ3v) is 9.18. The smallest absolute Gasteiger partial charge is 0.0535 e. The molecule has 0 aliphatic heterocycles. The fourth-order valence-electron chi connectivity index (χ4n) is 1.02. The first kappa shape index (κ1) is 7.76. The molecule has 1 unspecified atom stereocenters. The van der Waals surface area contributed by atoms with Gasteiger partial charge in [0.1, 0.15) is 0 Å². The van der Waals surface area contributed by atoms with Crippen molar-refractivity contribution >= 4 is 23.3 Å². The molecule has 1 aromatic carbocycles. The Morgan fingerprint density at radius 3 is 2.40 bits per heavy atom. The highest BCUT2D eigenvalue weighted by atomic mass is 29.1. The Morgan fingerprint density at radius 2 is 1.90 bits per heavy atom. The van der Waals surface area contributed by atoms with Crippen LogP contribution in [-0.2, 0) is 0 Å². The second-order valence-corrected chi connectivity index (χ2v) is 10.2. The molecule has 54 valence electrons. The monoisotopic (exact) mass is 166 g/mol. The normalized spacial score (nSPS) is 13.3. The predicted molar refractivity (Wildman–Crippen MR) is 53.6 cm³/mol. The maximum atomic E-state index is 2.32. The van der Waals surface area contributed by atoms with Gasteiger partial charge in [0.05, 0.1) is 8.31 Å². The van der Waals surface area contributed by atoms with E-state index in [0.29, 0.717) is 0 Å². The van der Waals surface area contributed by atoms with E-state index in [1.807, 2.05) is 0 Å². The molecule has 0 radical (unpaired) electrons. The van der Waals surface area contributed by atoms with Crippen molar-refractivity contribution in [3.63, 3.8) is 0 Å². The first-order valence-electron chi connectivity index (χ1n) is 3.89. The molecule has 0 fully saturated rings. The zero-order valence-corrected chi connectivity index (χ0v) is 9.83. The van der Waals surface area contributed by atoms with E-state index in [0.717, 1.165) is 0 Å². The molecule has 0 amide bonds. The Hall–Kier alpha value is -0.346. The summed E-state index contributed by atoms with van der Waals surface area (Å²) in [6, 6.07) is 12.4. The molecule has 1 aromatic rings. The van der Waals surface area contributed by atoms with Gasteiger partial charge in [0.15, 0.2) is 0 Å². The van der Waals surface area contributed by atoms with Gasteiger partial charge >= 0.3 is 0 Å². The molecule has 0 saturated heterocycles. The first-order chi connectivity index (χ1) is 4.84. The average molecular weight is 166 g/mol. The van der Waals surface area contributed by atoms with Crippen LogP contribution < -0.4 is 5.19 Å². The summed E-state index contributed by atoms with van der Waals surface area (Å²) in [6.45, 7) is 2.32. The fourth-order valence-corrected chi connectivity index (χ4v) is 3.52. The number of hydrogen-bond acceptors (Lipinski definition) is 0. The average Bonchev–Trinajstić information content (AvgIpc) is 2.05. The predicted octanol–water partition coefficient (Wildman–Crippen LogP) is 0.00270. The van der Waals surface area contributed by atoms with Crippen LogP contribution in [0.1, 0.15) is 6.92 Å². The van der Waals surface area contributed by atoms with Gasteiger partial charge in [-0.1, -0.05) is 48.5 Å². The molecule has 0 heterocycles. The van der Waals surface area contributed by atoms with Crippen LogP contribution in [0.4, 0.5) is 0 Å². The summed E-state index contributed by atoms with van der Waals surface area (Å²) >= 11 is 0. The summed E-state index contributed by atoms with van der Waals surface area (Å²) in [6.07, 6.45) is 0. The summed E-state index contributed by atoms with van der Waals surface area (Å²) in [7, 11) is 1.02. The Labute approximate surface area is 67.1 Å². The molecule has 0 spiro atoms. The fraction of sp³-hybridized carbons (Fsp3) is 0.250. The quantitative estimate of drug-likeness (QED) is 0.543. The molecule has 0 nitrogen and oxygen atoms in total. The second kappa shape index (κ2) is 3.73. The maximum absolute atomic E-state index is 2.32. The maximum Gasteiger partial charge on any atom is 0.0535 e. The minimum absolute atomic E-state index is 0.401. The Morgan fingerprint density at radius 1 is 1.30 bits per heavy atom. The van der Waals surface area contributed by atoms with Crippen LogP contribution >= 0.6 is 0 Å². The van der Waals surface area contributed by atoms with Gasteiger partial charge in [-0.2, -0.15) is 0 Å². The van der Waals surface area contributed by atoms with Crippen LogP contribution in [0.25, 0.3) is 0 Å². The van der Waals surface area contributed by atoms with Gasteiger partial charge in [-0.25, -0.2) is 0 Å². The summed E-state index contributed by atoms with van der Waals surface area (Å²) in [4.78, 5) is 0. The molecular weight excluding hydrogens is 152 g/mol. The van der Waals surface area contributed by atoms with Crippen molar-refractivity contribution in [2.75, 3.05) is 0 Å². The van der Waals surface area contributed by atoms with E-state index in [9.17, 15) is 0 Å². The summed E-state index contributed by atoms with van der Waals surface area (Å²) in [5.41, 5.74) is 0. The third-order valence-electron chi connectivity index (χ3n) is 1.98. The zero-order valence-electron chi connectivity index (χ0n) is 6.67. The summed E-state index contributed by atoms with van der Waals surface area (Å²) in [5.74, 6) is 0. The van der Waals surface area contributed by atoms with Crippen molar-refractivity contribution in [3.8, 4) is 0 Å². The Kier molecular flexibility index (Phi) is 2.90. The SMILES string of the molecule is CC[SiH]([SiH3])c1ccccc1. The van der Waals surface area contributed by atoms with E-state index in [4.69, 9.17) is 0 Å². The van der Waals surface area contributed by atoms with Gasteiger partial charge in [0.25, 0.3) is 0 Å². The molecule has 2 heteroatoms. The molecule has 1 atom stereocenters. The highest BCUT2D eigenvalue weighted by molar-refractivity contribution is 7.11. The van der Waals surface area contributed by atoms with Crippen molar-refractivity contribution in [2.24, 2.45) is 0 Å². The third kappa shape index (κ3) is 1.82. The van der Waals surface area contributed by atoms with Crippen molar-refractivity contribution < 1.29 is 0 Å². The lowest BCUT2D eigenvalue weighted by atomic mass is 10.4. The molecule has 0 aliphatic carbocycles. The van der Waals surface area contributed by atoms with E-state index < -0.39 is 8.31 Å². The van der Waals surface area contributed by atoms with Gasteiger partial charge < -0.3 is 0 Å². The Bertz CT molecular complexity index is 184. The largest absolute Gasteiger partial charge is 0.0679 e. The number of benzene rings is 1. The lowest BCUT2D eigenvalue weighted by Gasteiger charge is -2.04. The number of hydrogen-bond donors (Lipinski definition) is 0.